The predicted molar refractivity (Wildman–Crippen MR) is 98.0 cm³/mol. The third-order valence-electron chi connectivity index (χ3n) is 4.24. The lowest BCUT2D eigenvalue weighted by Gasteiger charge is -2.06. The molecule has 0 unspecified atom stereocenters. The highest BCUT2D eigenvalue weighted by molar-refractivity contribution is 9.10. The quantitative estimate of drug-likeness (QED) is 0.626. The van der Waals surface area contributed by atoms with Crippen LogP contribution < -0.4 is 5.32 Å². The summed E-state index contributed by atoms with van der Waals surface area (Å²) < 4.78 is 0.939. The zero-order valence-electron chi connectivity index (χ0n) is 13.1. The molecule has 0 radical (unpaired) electrons. The van der Waals surface area contributed by atoms with Crippen molar-refractivity contribution in [1.29, 1.82) is 0 Å². The van der Waals surface area contributed by atoms with E-state index in [1.165, 1.54) is 0 Å². The Morgan fingerprint density at radius 1 is 1.21 bits per heavy atom. The SMILES string of the molecule is CCO/N=C1/C(=C2/C(=O)Nc3ccc(Br)cc32)Cc2ccccc21. The van der Waals surface area contributed by atoms with Gasteiger partial charge in [0.25, 0.3) is 5.91 Å². The van der Waals surface area contributed by atoms with Gasteiger partial charge < -0.3 is 10.2 Å². The molecule has 2 aromatic rings. The molecule has 0 saturated heterocycles. The first-order valence-electron chi connectivity index (χ1n) is 7.82. The van der Waals surface area contributed by atoms with Crippen LogP contribution in [-0.4, -0.2) is 18.2 Å². The van der Waals surface area contributed by atoms with E-state index in [4.69, 9.17) is 4.84 Å². The van der Waals surface area contributed by atoms with Crippen molar-refractivity contribution in [1.82, 2.24) is 0 Å². The van der Waals surface area contributed by atoms with Crippen LogP contribution in [0, 0.1) is 0 Å². The van der Waals surface area contributed by atoms with Gasteiger partial charge in [-0.05, 0) is 36.3 Å². The Balaban J connectivity index is 1.94. The van der Waals surface area contributed by atoms with Gasteiger partial charge in [-0.15, -0.1) is 0 Å². The van der Waals surface area contributed by atoms with Gasteiger partial charge in [0.05, 0.1) is 5.57 Å². The van der Waals surface area contributed by atoms with Crippen molar-refractivity contribution in [2.24, 2.45) is 5.16 Å². The van der Waals surface area contributed by atoms with Gasteiger partial charge in [0, 0.05) is 27.7 Å². The van der Waals surface area contributed by atoms with E-state index in [1.54, 1.807) is 0 Å². The molecular weight excluding hydrogens is 368 g/mol. The number of nitrogens with zero attached hydrogens (tertiary/aromatic N) is 1. The van der Waals surface area contributed by atoms with Crippen molar-refractivity contribution in [3.63, 3.8) is 0 Å². The number of allylic oxidation sites excluding steroid dienone is 1. The summed E-state index contributed by atoms with van der Waals surface area (Å²) in [6.07, 6.45) is 0.677. The van der Waals surface area contributed by atoms with E-state index in [0.717, 1.165) is 38.1 Å². The zero-order valence-corrected chi connectivity index (χ0v) is 14.7. The fourth-order valence-corrected chi connectivity index (χ4v) is 3.58. The number of halogens is 1. The van der Waals surface area contributed by atoms with Crippen LogP contribution >= 0.6 is 15.9 Å². The molecule has 0 saturated carbocycles. The van der Waals surface area contributed by atoms with Crippen LogP contribution in [0.2, 0.25) is 0 Å². The molecule has 1 heterocycles. The van der Waals surface area contributed by atoms with Gasteiger partial charge in [0.1, 0.15) is 12.3 Å². The topological polar surface area (TPSA) is 50.7 Å². The first-order valence-corrected chi connectivity index (χ1v) is 8.61. The molecule has 0 atom stereocenters. The van der Waals surface area contributed by atoms with E-state index in [2.05, 4.69) is 32.5 Å². The van der Waals surface area contributed by atoms with E-state index < -0.39 is 0 Å². The minimum Gasteiger partial charge on any atom is -0.396 e. The lowest BCUT2D eigenvalue weighted by molar-refractivity contribution is -0.110. The summed E-state index contributed by atoms with van der Waals surface area (Å²) in [6.45, 7) is 2.38. The molecular formula is C19H15BrN2O2. The lowest BCUT2D eigenvalue weighted by Crippen LogP contribution is -2.10. The molecule has 2 aliphatic rings. The van der Waals surface area contributed by atoms with Crippen LogP contribution in [0.15, 0.2) is 57.7 Å². The van der Waals surface area contributed by atoms with Crippen LogP contribution in [0.25, 0.3) is 5.57 Å². The van der Waals surface area contributed by atoms with Gasteiger partial charge in [-0.25, -0.2) is 0 Å². The molecule has 4 nitrogen and oxygen atoms in total. The van der Waals surface area contributed by atoms with Gasteiger partial charge in [-0.3, -0.25) is 4.79 Å². The molecule has 0 spiro atoms. The summed E-state index contributed by atoms with van der Waals surface area (Å²) >= 11 is 3.49. The summed E-state index contributed by atoms with van der Waals surface area (Å²) in [6, 6.07) is 13.9. The zero-order chi connectivity index (χ0) is 16.7. The molecule has 0 fully saturated rings. The van der Waals surface area contributed by atoms with Crippen LogP contribution in [0.3, 0.4) is 0 Å². The van der Waals surface area contributed by atoms with Gasteiger partial charge >= 0.3 is 0 Å². The second kappa shape index (κ2) is 5.91. The predicted octanol–water partition coefficient (Wildman–Crippen LogP) is 4.15. The summed E-state index contributed by atoms with van der Waals surface area (Å²) in [5.41, 5.74) is 6.28. The monoisotopic (exact) mass is 382 g/mol. The third-order valence-corrected chi connectivity index (χ3v) is 4.73. The molecule has 1 aliphatic heterocycles. The first-order chi connectivity index (χ1) is 11.7. The maximum Gasteiger partial charge on any atom is 0.256 e. The summed E-state index contributed by atoms with van der Waals surface area (Å²) in [7, 11) is 0. The number of anilines is 1. The van der Waals surface area contributed by atoms with Crippen molar-refractivity contribution in [2.75, 3.05) is 11.9 Å². The molecule has 2 aromatic carbocycles. The fraction of sp³-hybridized carbons (Fsp3) is 0.158. The van der Waals surface area contributed by atoms with E-state index >= 15 is 0 Å². The maximum atomic E-state index is 12.6. The van der Waals surface area contributed by atoms with E-state index in [0.29, 0.717) is 18.6 Å². The fourth-order valence-electron chi connectivity index (χ4n) is 3.22. The van der Waals surface area contributed by atoms with Crippen LogP contribution in [0.4, 0.5) is 5.69 Å². The van der Waals surface area contributed by atoms with Crippen LogP contribution in [0.5, 0.6) is 0 Å². The largest absolute Gasteiger partial charge is 0.396 e. The molecule has 120 valence electrons. The highest BCUT2D eigenvalue weighted by Crippen LogP contribution is 2.40. The van der Waals surface area contributed by atoms with E-state index in [1.807, 2.05) is 43.3 Å². The number of amides is 1. The van der Waals surface area contributed by atoms with Crippen molar-refractivity contribution < 1.29 is 9.63 Å². The number of hydrogen-bond donors (Lipinski definition) is 1. The minimum atomic E-state index is -0.0879. The van der Waals surface area contributed by atoms with Crippen molar-refractivity contribution >= 4 is 38.8 Å². The molecule has 0 aromatic heterocycles. The van der Waals surface area contributed by atoms with Gasteiger partial charge in [0.2, 0.25) is 0 Å². The second-order valence-corrected chi connectivity index (χ2v) is 6.60. The lowest BCUT2D eigenvalue weighted by atomic mass is 9.98. The number of fused-ring (bicyclic) bond motifs is 2. The molecule has 24 heavy (non-hydrogen) atoms. The van der Waals surface area contributed by atoms with Crippen molar-refractivity contribution in [3.05, 3.63) is 69.2 Å². The van der Waals surface area contributed by atoms with Crippen molar-refractivity contribution in [2.45, 2.75) is 13.3 Å². The number of oxime groups is 1. The highest BCUT2D eigenvalue weighted by atomic mass is 79.9. The molecule has 1 aliphatic carbocycles. The average Bonchev–Trinajstić information content (AvgIpc) is 3.09. The number of hydrogen-bond acceptors (Lipinski definition) is 3. The summed E-state index contributed by atoms with van der Waals surface area (Å²) in [4.78, 5) is 17.9. The summed E-state index contributed by atoms with van der Waals surface area (Å²) in [5.74, 6) is -0.0879. The van der Waals surface area contributed by atoms with Gasteiger partial charge in [-0.1, -0.05) is 45.4 Å². The Labute approximate surface area is 148 Å². The highest BCUT2D eigenvalue weighted by Gasteiger charge is 2.34. The Bertz CT molecular complexity index is 915. The standard InChI is InChI=1S/C19H15BrN2O2/c1-2-24-22-18-13-6-4-3-5-11(13)9-15(18)17-14-10-12(20)7-8-16(14)21-19(17)23/h3-8,10H,2,9H2,1H3,(H,21,23)/b17-15+,22-18+. The Morgan fingerprint density at radius 3 is 2.88 bits per heavy atom. The number of benzene rings is 2. The van der Waals surface area contributed by atoms with Crippen LogP contribution in [0.1, 0.15) is 23.6 Å². The van der Waals surface area contributed by atoms with Crippen molar-refractivity contribution in [3.8, 4) is 0 Å². The Hall–Kier alpha value is -2.40. The van der Waals surface area contributed by atoms with Gasteiger partial charge in [0.15, 0.2) is 0 Å². The second-order valence-electron chi connectivity index (χ2n) is 5.69. The van der Waals surface area contributed by atoms with Gasteiger partial charge in [-0.2, -0.15) is 0 Å². The molecule has 0 bridgehead atoms. The number of rotatable bonds is 2. The Morgan fingerprint density at radius 2 is 2.04 bits per heavy atom. The minimum absolute atomic E-state index is 0.0879. The van der Waals surface area contributed by atoms with E-state index in [9.17, 15) is 4.79 Å². The first kappa shape index (κ1) is 15.1. The van der Waals surface area contributed by atoms with E-state index in [-0.39, 0.29) is 5.91 Å². The number of carbonyl (C=O) groups excluding carboxylic acids is 1. The maximum absolute atomic E-state index is 12.6. The normalized spacial score (nSPS) is 20.1. The molecule has 5 heteroatoms. The average molecular weight is 383 g/mol. The smallest absolute Gasteiger partial charge is 0.256 e. The summed E-state index contributed by atoms with van der Waals surface area (Å²) in [5, 5.41) is 7.25. The number of nitrogens with one attached hydrogen (secondary N) is 1. The molecule has 1 N–H and O–H groups in total. The van der Waals surface area contributed by atoms with Crippen LogP contribution in [-0.2, 0) is 16.1 Å². The molecule has 1 amide bonds. The Kier molecular flexibility index (Phi) is 3.73. The number of carbonyl (C=O) groups is 1. The molecule has 4 rings (SSSR count). The third kappa shape index (κ3) is 2.36.